The maximum absolute atomic E-state index is 11.6. The Morgan fingerprint density at radius 3 is 2.85 bits per heavy atom. The number of fused-ring (bicyclic) bond motifs is 2. The SMILES string of the molecule is C=C(C)C(=O)OC1CC2CC(CC3CCC(=O)O3)C1O2. The first-order valence-electron chi connectivity index (χ1n) is 7.24. The van der Waals surface area contributed by atoms with Gasteiger partial charge in [-0.2, -0.15) is 0 Å². The van der Waals surface area contributed by atoms with E-state index in [1.165, 1.54) is 0 Å². The van der Waals surface area contributed by atoms with Crippen LogP contribution in [0.2, 0.25) is 0 Å². The molecule has 3 heterocycles. The van der Waals surface area contributed by atoms with Gasteiger partial charge in [0.2, 0.25) is 0 Å². The van der Waals surface area contributed by atoms with Crippen LogP contribution in [0, 0.1) is 5.92 Å². The van der Waals surface area contributed by atoms with Crippen molar-refractivity contribution in [3.63, 3.8) is 0 Å². The van der Waals surface area contributed by atoms with Crippen LogP contribution in [-0.4, -0.2) is 36.4 Å². The summed E-state index contributed by atoms with van der Waals surface area (Å²) >= 11 is 0. The smallest absolute Gasteiger partial charge is 0.333 e. The lowest BCUT2D eigenvalue weighted by molar-refractivity contribution is -0.148. The highest BCUT2D eigenvalue weighted by Gasteiger charge is 2.50. The molecule has 5 heteroatoms. The number of carbonyl (C=O) groups is 2. The molecule has 0 aromatic carbocycles. The third-order valence-corrected chi connectivity index (χ3v) is 4.38. The van der Waals surface area contributed by atoms with Crippen molar-refractivity contribution in [3.05, 3.63) is 12.2 Å². The summed E-state index contributed by atoms with van der Waals surface area (Å²) < 4.78 is 16.6. The van der Waals surface area contributed by atoms with Crippen molar-refractivity contribution in [2.75, 3.05) is 0 Å². The summed E-state index contributed by atoms with van der Waals surface area (Å²) in [5.74, 6) is -0.144. The third-order valence-electron chi connectivity index (χ3n) is 4.38. The van der Waals surface area contributed by atoms with E-state index in [0.717, 1.165) is 25.7 Å². The largest absolute Gasteiger partial charge is 0.462 e. The number of ether oxygens (including phenoxy) is 3. The van der Waals surface area contributed by atoms with E-state index in [2.05, 4.69) is 6.58 Å². The molecule has 5 atom stereocenters. The number of esters is 2. The Morgan fingerprint density at radius 2 is 2.25 bits per heavy atom. The highest BCUT2D eigenvalue weighted by molar-refractivity contribution is 5.87. The van der Waals surface area contributed by atoms with Gasteiger partial charge >= 0.3 is 11.9 Å². The Morgan fingerprint density at radius 1 is 1.45 bits per heavy atom. The van der Waals surface area contributed by atoms with Gasteiger partial charge in [0.25, 0.3) is 0 Å². The number of hydrogen-bond donors (Lipinski definition) is 0. The Bertz CT molecular complexity index is 444. The third kappa shape index (κ3) is 2.59. The van der Waals surface area contributed by atoms with Crippen LogP contribution >= 0.6 is 0 Å². The molecule has 0 N–H and O–H groups in total. The molecule has 0 radical (unpaired) electrons. The van der Waals surface area contributed by atoms with Crippen LogP contribution in [0.25, 0.3) is 0 Å². The lowest BCUT2D eigenvalue weighted by Crippen LogP contribution is -2.36. The van der Waals surface area contributed by atoms with Crippen molar-refractivity contribution < 1.29 is 23.8 Å². The monoisotopic (exact) mass is 280 g/mol. The molecule has 3 aliphatic heterocycles. The molecule has 3 rings (SSSR count). The zero-order chi connectivity index (χ0) is 14.3. The molecule has 3 aliphatic rings. The molecule has 5 unspecified atom stereocenters. The fourth-order valence-electron chi connectivity index (χ4n) is 3.47. The van der Waals surface area contributed by atoms with Crippen molar-refractivity contribution in [3.8, 4) is 0 Å². The lowest BCUT2D eigenvalue weighted by Gasteiger charge is -2.27. The van der Waals surface area contributed by atoms with Gasteiger partial charge in [-0.15, -0.1) is 0 Å². The van der Waals surface area contributed by atoms with E-state index in [9.17, 15) is 9.59 Å². The van der Waals surface area contributed by atoms with Crippen LogP contribution in [0.15, 0.2) is 12.2 Å². The summed E-state index contributed by atoms with van der Waals surface area (Å²) in [5, 5.41) is 0. The van der Waals surface area contributed by atoms with Crippen LogP contribution in [0.1, 0.15) is 39.0 Å². The maximum Gasteiger partial charge on any atom is 0.333 e. The van der Waals surface area contributed by atoms with Crippen molar-refractivity contribution in [1.82, 2.24) is 0 Å². The van der Waals surface area contributed by atoms with E-state index in [0.29, 0.717) is 17.9 Å². The number of hydrogen-bond acceptors (Lipinski definition) is 5. The Balaban J connectivity index is 1.57. The Kier molecular flexibility index (Phi) is 3.54. The molecular weight excluding hydrogens is 260 g/mol. The highest BCUT2D eigenvalue weighted by Crippen LogP contribution is 2.43. The molecule has 3 saturated heterocycles. The van der Waals surface area contributed by atoms with Gasteiger partial charge in [-0.1, -0.05) is 6.58 Å². The minimum Gasteiger partial charge on any atom is -0.462 e. The zero-order valence-electron chi connectivity index (χ0n) is 11.7. The molecule has 5 nitrogen and oxygen atoms in total. The quantitative estimate of drug-likeness (QED) is 0.580. The first-order chi connectivity index (χ1) is 9.52. The molecule has 0 amide bonds. The van der Waals surface area contributed by atoms with Crippen LogP contribution in [0.4, 0.5) is 0 Å². The summed E-state index contributed by atoms with van der Waals surface area (Å²) in [4.78, 5) is 22.8. The first-order valence-corrected chi connectivity index (χ1v) is 7.24. The predicted octanol–water partition coefficient (Wildman–Crippen LogP) is 1.75. The molecule has 20 heavy (non-hydrogen) atoms. The molecule has 0 aromatic heterocycles. The van der Waals surface area contributed by atoms with E-state index < -0.39 is 0 Å². The summed E-state index contributed by atoms with van der Waals surface area (Å²) in [6.07, 6.45) is 3.81. The predicted molar refractivity (Wildman–Crippen MR) is 69.8 cm³/mol. The van der Waals surface area contributed by atoms with Crippen LogP contribution in [-0.2, 0) is 23.8 Å². The molecule has 3 fully saturated rings. The minimum atomic E-state index is -0.350. The average Bonchev–Trinajstić information content (AvgIpc) is 3.05. The van der Waals surface area contributed by atoms with Gasteiger partial charge in [-0.3, -0.25) is 4.79 Å². The number of carbonyl (C=O) groups excluding carboxylic acids is 2. The van der Waals surface area contributed by atoms with Gasteiger partial charge in [-0.05, 0) is 32.1 Å². The molecule has 110 valence electrons. The lowest BCUT2D eigenvalue weighted by atomic mass is 9.83. The molecule has 0 aromatic rings. The van der Waals surface area contributed by atoms with E-state index in [-0.39, 0.29) is 36.4 Å². The fourth-order valence-corrected chi connectivity index (χ4v) is 3.47. The number of rotatable bonds is 4. The minimum absolute atomic E-state index is 0.00735. The van der Waals surface area contributed by atoms with E-state index in [4.69, 9.17) is 14.2 Å². The van der Waals surface area contributed by atoms with Crippen molar-refractivity contribution in [1.29, 1.82) is 0 Å². The van der Waals surface area contributed by atoms with E-state index >= 15 is 0 Å². The second kappa shape index (κ2) is 5.20. The van der Waals surface area contributed by atoms with Gasteiger partial charge < -0.3 is 14.2 Å². The van der Waals surface area contributed by atoms with Crippen molar-refractivity contribution in [2.24, 2.45) is 5.92 Å². The fraction of sp³-hybridized carbons (Fsp3) is 0.733. The normalized spacial score (nSPS) is 38.9. The standard InChI is InChI=1S/C15H20O5/c1-8(2)15(17)20-12-7-11-6-9(14(12)19-11)5-10-3-4-13(16)18-10/h9-12,14H,1,3-7H2,2H3. The van der Waals surface area contributed by atoms with Crippen LogP contribution in [0.5, 0.6) is 0 Å². The van der Waals surface area contributed by atoms with Gasteiger partial charge in [0.1, 0.15) is 12.2 Å². The topological polar surface area (TPSA) is 61.8 Å². The van der Waals surface area contributed by atoms with E-state index in [1.807, 2.05) is 0 Å². The van der Waals surface area contributed by atoms with Gasteiger partial charge in [0.15, 0.2) is 0 Å². The first kappa shape index (κ1) is 13.6. The molecule has 0 saturated carbocycles. The van der Waals surface area contributed by atoms with Gasteiger partial charge in [0.05, 0.1) is 12.2 Å². The van der Waals surface area contributed by atoms with Crippen LogP contribution < -0.4 is 0 Å². The number of cyclic esters (lactones) is 1. The molecule has 0 aliphatic carbocycles. The van der Waals surface area contributed by atoms with Crippen LogP contribution in [0.3, 0.4) is 0 Å². The zero-order valence-corrected chi connectivity index (χ0v) is 11.7. The molecular formula is C15H20O5. The van der Waals surface area contributed by atoms with Crippen molar-refractivity contribution >= 4 is 11.9 Å². The van der Waals surface area contributed by atoms with Gasteiger partial charge in [-0.25, -0.2) is 4.79 Å². The second-order valence-electron chi connectivity index (χ2n) is 6.06. The average molecular weight is 280 g/mol. The molecule has 2 bridgehead atoms. The molecule has 0 spiro atoms. The van der Waals surface area contributed by atoms with E-state index in [1.54, 1.807) is 6.92 Å². The summed E-state index contributed by atoms with van der Waals surface area (Å²) in [6.45, 7) is 5.24. The highest BCUT2D eigenvalue weighted by atomic mass is 16.6. The maximum atomic E-state index is 11.6. The summed E-state index contributed by atoms with van der Waals surface area (Å²) in [7, 11) is 0. The second-order valence-corrected chi connectivity index (χ2v) is 6.06. The summed E-state index contributed by atoms with van der Waals surface area (Å²) in [6, 6.07) is 0. The Hall–Kier alpha value is -1.36. The van der Waals surface area contributed by atoms with Gasteiger partial charge in [0, 0.05) is 18.4 Å². The van der Waals surface area contributed by atoms with Crippen molar-refractivity contribution in [2.45, 2.75) is 63.4 Å². The summed E-state index contributed by atoms with van der Waals surface area (Å²) in [5.41, 5.74) is 0.411. The Labute approximate surface area is 118 Å².